The van der Waals surface area contributed by atoms with Crippen LogP contribution in [-0.2, 0) is 0 Å². The number of aromatic nitrogens is 2. The van der Waals surface area contributed by atoms with E-state index in [2.05, 4.69) is 20.9 Å². The third-order valence-electron chi connectivity index (χ3n) is 2.56. The Morgan fingerprint density at radius 2 is 2.22 bits per heavy atom. The molecule has 0 aliphatic heterocycles. The van der Waals surface area contributed by atoms with Crippen LogP contribution in [0.25, 0.3) is 16.0 Å². The minimum Gasteiger partial charge on any atom is -0.477 e. The molecule has 0 aromatic carbocycles. The molecule has 3 rings (SSSR count). The topological polar surface area (TPSA) is 54.6 Å². The predicted molar refractivity (Wildman–Crippen MR) is 73.2 cm³/mol. The van der Waals surface area contributed by atoms with Crippen molar-refractivity contribution in [2.75, 3.05) is 0 Å². The van der Waals surface area contributed by atoms with Crippen LogP contribution in [0.1, 0.15) is 10.5 Å². The molecule has 0 atom stereocenters. The zero-order chi connectivity index (χ0) is 12.7. The first kappa shape index (κ1) is 11.4. The van der Waals surface area contributed by atoms with Gasteiger partial charge >= 0.3 is 5.97 Å². The van der Waals surface area contributed by atoms with Crippen LogP contribution in [0.2, 0.25) is 0 Å². The van der Waals surface area contributed by atoms with Crippen molar-refractivity contribution in [3.8, 4) is 10.4 Å². The molecule has 0 spiro atoms. The molecule has 0 fully saturated rings. The zero-order valence-corrected chi connectivity index (χ0v) is 11.4. The summed E-state index contributed by atoms with van der Waals surface area (Å²) >= 11 is 5.06. The van der Waals surface area contributed by atoms with Gasteiger partial charge in [0.2, 0.25) is 0 Å². The van der Waals surface area contributed by atoms with Crippen LogP contribution >= 0.6 is 27.3 Å². The third-order valence-corrected chi connectivity index (χ3v) is 4.24. The number of aromatic carboxylic acids is 1. The van der Waals surface area contributed by atoms with Gasteiger partial charge < -0.3 is 9.51 Å². The smallest absolute Gasteiger partial charge is 0.354 e. The number of rotatable bonds is 2. The Morgan fingerprint density at radius 1 is 1.39 bits per heavy atom. The van der Waals surface area contributed by atoms with Crippen molar-refractivity contribution in [3.63, 3.8) is 0 Å². The van der Waals surface area contributed by atoms with Crippen molar-refractivity contribution < 1.29 is 9.90 Å². The molecule has 1 N–H and O–H groups in total. The summed E-state index contributed by atoms with van der Waals surface area (Å²) in [5.41, 5.74) is 1.93. The lowest BCUT2D eigenvalue weighted by molar-refractivity contribution is 0.0690. The summed E-state index contributed by atoms with van der Waals surface area (Å²) in [7, 11) is 0. The van der Waals surface area contributed by atoms with Crippen LogP contribution in [0, 0.1) is 0 Å². The highest BCUT2D eigenvalue weighted by molar-refractivity contribution is 9.11. The highest BCUT2D eigenvalue weighted by Crippen LogP contribution is 2.32. The Kier molecular flexibility index (Phi) is 2.68. The molecular weight excluding hydrogens is 316 g/mol. The van der Waals surface area contributed by atoms with Gasteiger partial charge in [-0.3, -0.25) is 0 Å². The standard InChI is InChI=1S/C12H7BrN2O2S/c13-11-2-1-10(18-11)7-3-8-4-9(12(16)17)14-6-15(8)5-7/h1-6H,(H,16,17). The number of carboxylic acid groups (broad SMARTS) is 1. The van der Waals surface area contributed by atoms with E-state index in [1.165, 1.54) is 6.33 Å². The summed E-state index contributed by atoms with van der Waals surface area (Å²) in [6.45, 7) is 0. The Balaban J connectivity index is 2.13. The van der Waals surface area contributed by atoms with Gasteiger partial charge in [0.25, 0.3) is 0 Å². The summed E-state index contributed by atoms with van der Waals surface area (Å²) in [5.74, 6) is -1.01. The lowest BCUT2D eigenvalue weighted by Crippen LogP contribution is -2.00. The number of carboxylic acids is 1. The molecule has 4 nitrogen and oxygen atoms in total. The number of halogens is 1. The van der Waals surface area contributed by atoms with E-state index >= 15 is 0 Å². The molecule has 0 bridgehead atoms. The fraction of sp³-hybridized carbons (Fsp3) is 0. The monoisotopic (exact) mass is 322 g/mol. The molecule has 3 aromatic rings. The second-order valence-electron chi connectivity index (χ2n) is 3.74. The molecule has 0 unspecified atom stereocenters. The van der Waals surface area contributed by atoms with Crippen molar-refractivity contribution in [1.29, 1.82) is 0 Å². The van der Waals surface area contributed by atoms with Crippen LogP contribution < -0.4 is 0 Å². The van der Waals surface area contributed by atoms with Gasteiger partial charge in [0.15, 0.2) is 5.69 Å². The maximum absolute atomic E-state index is 10.8. The zero-order valence-electron chi connectivity index (χ0n) is 9.00. The van der Waals surface area contributed by atoms with Crippen molar-refractivity contribution >= 4 is 38.8 Å². The molecule has 0 aliphatic rings. The van der Waals surface area contributed by atoms with Crippen molar-refractivity contribution in [2.24, 2.45) is 0 Å². The molecule has 18 heavy (non-hydrogen) atoms. The second kappa shape index (κ2) is 4.22. The fourth-order valence-corrected chi connectivity index (χ4v) is 3.10. The highest BCUT2D eigenvalue weighted by atomic mass is 79.9. The Hall–Kier alpha value is -1.66. The van der Waals surface area contributed by atoms with E-state index in [-0.39, 0.29) is 5.69 Å². The summed E-state index contributed by atoms with van der Waals surface area (Å²) < 4.78 is 2.88. The Bertz CT molecular complexity index is 747. The number of carbonyl (C=O) groups is 1. The lowest BCUT2D eigenvalue weighted by Gasteiger charge is -1.95. The molecular formula is C12H7BrN2O2S. The van der Waals surface area contributed by atoms with Gasteiger partial charge in [-0.05, 0) is 40.2 Å². The molecule has 3 heterocycles. The Morgan fingerprint density at radius 3 is 2.89 bits per heavy atom. The molecule has 3 aromatic heterocycles. The van der Waals surface area contributed by atoms with Crippen LogP contribution in [0.15, 0.2) is 40.6 Å². The van der Waals surface area contributed by atoms with Crippen molar-refractivity contribution in [1.82, 2.24) is 9.38 Å². The van der Waals surface area contributed by atoms with Crippen molar-refractivity contribution in [2.45, 2.75) is 0 Å². The van der Waals surface area contributed by atoms with Gasteiger partial charge in [-0.15, -0.1) is 11.3 Å². The number of thiophene rings is 1. The van der Waals surface area contributed by atoms with Gasteiger partial charge in [-0.2, -0.15) is 0 Å². The molecule has 6 heteroatoms. The summed E-state index contributed by atoms with van der Waals surface area (Å²) in [4.78, 5) is 15.9. The first-order chi connectivity index (χ1) is 8.63. The Labute approximate surface area is 115 Å². The van der Waals surface area contributed by atoms with Gasteiger partial charge in [0, 0.05) is 22.2 Å². The first-order valence-electron chi connectivity index (χ1n) is 5.10. The minimum atomic E-state index is -1.01. The quantitative estimate of drug-likeness (QED) is 0.785. The molecule has 0 radical (unpaired) electrons. The maximum atomic E-state index is 10.8. The number of hydrogen-bond acceptors (Lipinski definition) is 3. The largest absolute Gasteiger partial charge is 0.477 e. The molecule has 90 valence electrons. The average molecular weight is 323 g/mol. The first-order valence-corrected chi connectivity index (χ1v) is 6.71. The lowest BCUT2D eigenvalue weighted by atomic mass is 10.2. The normalized spacial score (nSPS) is 10.9. The third kappa shape index (κ3) is 1.93. The number of hydrogen-bond donors (Lipinski definition) is 1. The van der Waals surface area contributed by atoms with Crippen LogP contribution in [0.5, 0.6) is 0 Å². The van der Waals surface area contributed by atoms with Gasteiger partial charge in [0.1, 0.15) is 6.33 Å². The average Bonchev–Trinajstić information content (AvgIpc) is 2.93. The number of fused-ring (bicyclic) bond motifs is 1. The van der Waals surface area contributed by atoms with Gasteiger partial charge in [0.05, 0.1) is 3.79 Å². The summed E-state index contributed by atoms with van der Waals surface area (Å²) in [5, 5.41) is 8.90. The molecule has 0 amide bonds. The fourth-order valence-electron chi connectivity index (χ4n) is 1.73. The maximum Gasteiger partial charge on any atom is 0.354 e. The van der Waals surface area contributed by atoms with E-state index in [4.69, 9.17) is 5.11 Å². The van der Waals surface area contributed by atoms with Crippen molar-refractivity contribution in [3.05, 3.63) is 46.3 Å². The van der Waals surface area contributed by atoms with E-state index in [1.54, 1.807) is 17.4 Å². The molecule has 0 saturated heterocycles. The van der Waals surface area contributed by atoms with E-state index in [0.29, 0.717) is 0 Å². The van der Waals surface area contributed by atoms with Gasteiger partial charge in [-0.1, -0.05) is 0 Å². The second-order valence-corrected chi connectivity index (χ2v) is 6.21. The SMILES string of the molecule is O=C(O)c1cc2cc(-c3ccc(Br)s3)cn2cn1. The van der Waals surface area contributed by atoms with E-state index < -0.39 is 5.97 Å². The molecule has 0 saturated carbocycles. The molecule has 0 aliphatic carbocycles. The van der Waals surface area contributed by atoms with Gasteiger partial charge in [-0.25, -0.2) is 9.78 Å². The minimum absolute atomic E-state index is 0.0551. The van der Waals surface area contributed by atoms with E-state index in [9.17, 15) is 4.79 Å². The highest BCUT2D eigenvalue weighted by Gasteiger charge is 2.09. The predicted octanol–water partition coefficient (Wildman–Crippen LogP) is 3.52. The van der Waals surface area contributed by atoms with Crippen LogP contribution in [-0.4, -0.2) is 20.5 Å². The van der Waals surface area contributed by atoms with E-state index in [0.717, 1.165) is 19.7 Å². The van der Waals surface area contributed by atoms with E-state index in [1.807, 2.05) is 28.8 Å². The van der Waals surface area contributed by atoms with Crippen LogP contribution in [0.3, 0.4) is 0 Å². The summed E-state index contributed by atoms with van der Waals surface area (Å²) in [6.07, 6.45) is 3.46. The van der Waals surface area contributed by atoms with Crippen LogP contribution in [0.4, 0.5) is 0 Å². The summed E-state index contributed by atoms with van der Waals surface area (Å²) in [6, 6.07) is 7.53. The number of nitrogens with zero attached hydrogens (tertiary/aromatic N) is 2.